The number of carbonyl (C=O) groups is 1. The monoisotopic (exact) mass is 123 g/mol. The SMILES string of the molecule is CC(=O)C[NH-].[V]. The fraction of sp³-hybridized carbons (Fsp3) is 0.667. The van der Waals surface area contributed by atoms with E-state index in [1.54, 1.807) is 0 Å². The predicted molar refractivity (Wildman–Crippen MR) is 19.9 cm³/mol. The van der Waals surface area contributed by atoms with E-state index in [2.05, 4.69) is 0 Å². The maximum Gasteiger partial charge on any atom is 0.109 e. The van der Waals surface area contributed by atoms with Crippen LogP contribution in [0.1, 0.15) is 6.92 Å². The number of Topliss-reactive ketones (excluding diaryl/α,β-unsaturated/α-hetero) is 1. The summed E-state index contributed by atoms with van der Waals surface area (Å²) in [6, 6.07) is 0. The number of hydrogen-bond acceptors (Lipinski definition) is 1. The molecule has 0 aromatic heterocycles. The van der Waals surface area contributed by atoms with Crippen LogP contribution in [0.3, 0.4) is 0 Å². The van der Waals surface area contributed by atoms with Crippen molar-refractivity contribution in [2.24, 2.45) is 0 Å². The smallest absolute Gasteiger partial charge is 0.109 e. The van der Waals surface area contributed by atoms with E-state index >= 15 is 0 Å². The zero-order valence-electron chi connectivity index (χ0n) is 3.56. The van der Waals surface area contributed by atoms with Crippen LogP contribution in [0.2, 0.25) is 0 Å². The van der Waals surface area contributed by atoms with Gasteiger partial charge in [0.1, 0.15) is 5.78 Å². The molecule has 0 amide bonds. The van der Waals surface area contributed by atoms with Crippen LogP contribution in [0, 0.1) is 0 Å². The van der Waals surface area contributed by atoms with Gasteiger partial charge >= 0.3 is 0 Å². The third kappa shape index (κ3) is 8.88. The molecule has 1 radical (unpaired) electrons. The first-order chi connectivity index (χ1) is 2.27. The second-order valence-electron chi connectivity index (χ2n) is 0.879. The fourth-order valence-corrected chi connectivity index (χ4v) is 0. The Hall–Kier alpha value is 0.214. The van der Waals surface area contributed by atoms with Crippen LogP contribution < -0.4 is 0 Å². The van der Waals surface area contributed by atoms with Crippen molar-refractivity contribution in [1.29, 1.82) is 0 Å². The van der Waals surface area contributed by atoms with Gasteiger partial charge in [-0.1, -0.05) is 6.54 Å². The quantitative estimate of drug-likeness (QED) is 0.504. The van der Waals surface area contributed by atoms with E-state index in [0.717, 1.165) is 0 Å². The molecule has 1 N–H and O–H groups in total. The third-order valence-corrected chi connectivity index (χ3v) is 0.249. The van der Waals surface area contributed by atoms with E-state index in [4.69, 9.17) is 5.73 Å². The Balaban J connectivity index is 0. The Morgan fingerprint density at radius 3 is 2.00 bits per heavy atom. The van der Waals surface area contributed by atoms with E-state index in [0.29, 0.717) is 0 Å². The molecule has 0 unspecified atom stereocenters. The molecule has 6 heavy (non-hydrogen) atoms. The van der Waals surface area contributed by atoms with E-state index < -0.39 is 0 Å². The summed E-state index contributed by atoms with van der Waals surface area (Å²) >= 11 is 0. The Morgan fingerprint density at radius 1 is 1.83 bits per heavy atom. The molecule has 0 fully saturated rings. The third-order valence-electron chi connectivity index (χ3n) is 0.249. The number of ketones is 1. The minimum Gasteiger partial charge on any atom is -0.671 e. The summed E-state index contributed by atoms with van der Waals surface area (Å²) in [6.07, 6.45) is 0. The van der Waals surface area contributed by atoms with Crippen molar-refractivity contribution < 1.29 is 23.4 Å². The van der Waals surface area contributed by atoms with Crippen LogP contribution in [0.4, 0.5) is 0 Å². The van der Waals surface area contributed by atoms with Gasteiger partial charge in [-0.05, 0) is 6.92 Å². The van der Waals surface area contributed by atoms with Crippen molar-refractivity contribution in [2.45, 2.75) is 6.92 Å². The summed E-state index contributed by atoms with van der Waals surface area (Å²) in [5.41, 5.74) is 6.31. The largest absolute Gasteiger partial charge is 0.671 e. The van der Waals surface area contributed by atoms with Crippen LogP contribution in [0.25, 0.3) is 5.73 Å². The summed E-state index contributed by atoms with van der Waals surface area (Å²) in [5, 5.41) is 0. The molecular weight excluding hydrogens is 117 g/mol. The van der Waals surface area contributed by atoms with Crippen molar-refractivity contribution in [1.82, 2.24) is 0 Å². The molecule has 3 heteroatoms. The van der Waals surface area contributed by atoms with Crippen molar-refractivity contribution in [2.75, 3.05) is 6.54 Å². The average Bonchev–Trinajstić information content (AvgIpc) is 1.38. The molecule has 0 saturated heterocycles. The van der Waals surface area contributed by atoms with Gasteiger partial charge in [-0.25, -0.2) is 0 Å². The maximum atomic E-state index is 9.62. The number of rotatable bonds is 1. The van der Waals surface area contributed by atoms with Gasteiger partial charge in [-0.2, -0.15) is 0 Å². The van der Waals surface area contributed by atoms with Gasteiger partial charge in [0, 0.05) is 18.6 Å². The van der Waals surface area contributed by atoms with Crippen LogP contribution >= 0.6 is 0 Å². The normalized spacial score (nSPS) is 6.33. The van der Waals surface area contributed by atoms with Gasteiger partial charge in [0.15, 0.2) is 0 Å². The average molecular weight is 123 g/mol. The van der Waals surface area contributed by atoms with Gasteiger partial charge in [-0.15, -0.1) is 0 Å². The first-order valence-electron chi connectivity index (χ1n) is 1.41. The van der Waals surface area contributed by atoms with Crippen molar-refractivity contribution in [3.05, 3.63) is 5.73 Å². The maximum absolute atomic E-state index is 9.62. The molecule has 2 nitrogen and oxygen atoms in total. The van der Waals surface area contributed by atoms with E-state index in [9.17, 15) is 4.79 Å². The Bertz CT molecular complexity index is 46.1. The van der Waals surface area contributed by atoms with Gasteiger partial charge < -0.3 is 10.5 Å². The van der Waals surface area contributed by atoms with Gasteiger partial charge in [-0.3, -0.25) is 0 Å². The molecule has 0 aliphatic carbocycles. The number of carbonyl (C=O) groups excluding carboxylic acids is 1. The fourth-order valence-electron chi connectivity index (χ4n) is 0. The Kier molecular flexibility index (Phi) is 8.27. The van der Waals surface area contributed by atoms with Crippen molar-refractivity contribution >= 4 is 5.78 Å². The van der Waals surface area contributed by atoms with E-state index in [1.165, 1.54) is 6.92 Å². The zero-order chi connectivity index (χ0) is 4.28. The zero-order valence-corrected chi connectivity index (χ0v) is 4.96. The molecule has 0 aliphatic heterocycles. The van der Waals surface area contributed by atoms with Crippen LogP contribution in [0.5, 0.6) is 0 Å². The van der Waals surface area contributed by atoms with Crippen molar-refractivity contribution in [3.8, 4) is 0 Å². The molecule has 0 atom stereocenters. The van der Waals surface area contributed by atoms with Crippen LogP contribution in [0.15, 0.2) is 0 Å². The van der Waals surface area contributed by atoms with Crippen molar-refractivity contribution in [3.63, 3.8) is 0 Å². The van der Waals surface area contributed by atoms with E-state index in [-0.39, 0.29) is 30.9 Å². The predicted octanol–water partition coefficient (Wildman–Crippen LogP) is 0.625. The summed E-state index contributed by atoms with van der Waals surface area (Å²) < 4.78 is 0. The minimum absolute atomic E-state index is 0. The summed E-state index contributed by atoms with van der Waals surface area (Å²) in [6.45, 7) is 1.31. The van der Waals surface area contributed by atoms with Crippen LogP contribution in [-0.4, -0.2) is 12.3 Å². The molecular formula is C3H6NOV-. The molecule has 35 valence electrons. The first-order valence-corrected chi connectivity index (χ1v) is 1.41. The molecule has 0 aromatic carbocycles. The molecule has 0 aliphatic rings. The van der Waals surface area contributed by atoms with Gasteiger partial charge in [0.25, 0.3) is 0 Å². The Morgan fingerprint density at radius 2 is 2.00 bits per heavy atom. The second kappa shape index (κ2) is 5.21. The first kappa shape index (κ1) is 9.51. The van der Waals surface area contributed by atoms with Gasteiger partial charge in [0.2, 0.25) is 0 Å². The Labute approximate surface area is 49.0 Å². The topological polar surface area (TPSA) is 40.9 Å². The molecule has 0 heterocycles. The molecule has 0 bridgehead atoms. The summed E-state index contributed by atoms with van der Waals surface area (Å²) in [7, 11) is 0. The summed E-state index contributed by atoms with van der Waals surface area (Å²) in [4.78, 5) is 9.62. The molecule has 0 aromatic rings. The number of nitrogens with one attached hydrogen (secondary N) is 1. The van der Waals surface area contributed by atoms with Gasteiger partial charge in [0.05, 0.1) is 0 Å². The van der Waals surface area contributed by atoms with E-state index in [1.807, 2.05) is 0 Å². The second-order valence-corrected chi connectivity index (χ2v) is 0.879. The standard InChI is InChI=1S/C3H6NO.V/c1-3(5)2-4;/h4H,2H2,1H3;/q-1;. The molecule has 0 rings (SSSR count). The van der Waals surface area contributed by atoms with Crippen LogP contribution in [-0.2, 0) is 23.4 Å². The number of hydrogen-bond donors (Lipinski definition) is 0. The molecule has 0 saturated carbocycles. The minimum atomic E-state index is -0.0833. The summed E-state index contributed by atoms with van der Waals surface area (Å²) in [5.74, 6) is -0.0787. The molecule has 0 spiro atoms.